The lowest BCUT2D eigenvalue weighted by Crippen LogP contribution is -2.44. The molecule has 0 saturated carbocycles. The Morgan fingerprint density at radius 3 is 2.60 bits per heavy atom. The van der Waals surface area contributed by atoms with Gasteiger partial charge in [0.05, 0.1) is 0 Å². The molecule has 1 aromatic carbocycles. The first-order chi connectivity index (χ1) is 9.35. The van der Waals surface area contributed by atoms with E-state index in [4.69, 9.17) is 21.4 Å². The van der Waals surface area contributed by atoms with Crippen molar-refractivity contribution in [3.8, 4) is 5.75 Å². The van der Waals surface area contributed by atoms with Gasteiger partial charge in [-0.2, -0.15) is 0 Å². The van der Waals surface area contributed by atoms with Crippen molar-refractivity contribution in [2.75, 3.05) is 6.61 Å². The number of benzene rings is 1. The van der Waals surface area contributed by atoms with Crippen molar-refractivity contribution in [2.45, 2.75) is 39.8 Å². The minimum Gasteiger partial charge on any atom is -0.481 e. The number of hydrogen-bond acceptors (Lipinski definition) is 3. The summed E-state index contributed by atoms with van der Waals surface area (Å²) in [5.41, 5.74) is 0.883. The van der Waals surface area contributed by atoms with Crippen LogP contribution in [0.1, 0.15) is 26.3 Å². The summed E-state index contributed by atoms with van der Waals surface area (Å²) in [4.78, 5) is 12.0. The van der Waals surface area contributed by atoms with E-state index < -0.39 is 6.10 Å². The molecule has 4 nitrogen and oxygen atoms in total. The number of carbonyl (C=O) groups excluding carboxylic acids is 1. The van der Waals surface area contributed by atoms with Crippen LogP contribution in [0.4, 0.5) is 0 Å². The predicted octanol–water partition coefficient (Wildman–Crippen LogP) is 2.55. The topological polar surface area (TPSA) is 58.6 Å². The summed E-state index contributed by atoms with van der Waals surface area (Å²) >= 11 is 5.88. The summed E-state index contributed by atoms with van der Waals surface area (Å²) in [5.74, 6) is 0.440. The fourth-order valence-electron chi connectivity index (χ4n) is 1.63. The number of amides is 1. The number of aliphatic hydroxyl groups excluding tert-OH is 1. The van der Waals surface area contributed by atoms with E-state index >= 15 is 0 Å². The molecule has 0 saturated heterocycles. The van der Waals surface area contributed by atoms with Gasteiger partial charge in [0, 0.05) is 17.7 Å². The lowest BCUT2D eigenvalue weighted by Gasteiger charge is -2.22. The Morgan fingerprint density at radius 1 is 1.40 bits per heavy atom. The molecule has 112 valence electrons. The standard InChI is InChI=1S/C15H22ClNO3/c1-9-7-13(16)5-6-14(9)20-12(4)15(19)17-11(3)10(2)8-18/h5-7,10-12,18H,8H2,1-4H3,(H,17,19). The Morgan fingerprint density at radius 2 is 2.05 bits per heavy atom. The third kappa shape index (κ3) is 4.69. The van der Waals surface area contributed by atoms with Crippen molar-refractivity contribution < 1.29 is 14.6 Å². The Labute approximate surface area is 125 Å². The van der Waals surface area contributed by atoms with Gasteiger partial charge in [-0.25, -0.2) is 0 Å². The maximum atomic E-state index is 12.0. The summed E-state index contributed by atoms with van der Waals surface area (Å²) in [5, 5.41) is 12.5. The molecule has 1 aromatic rings. The lowest BCUT2D eigenvalue weighted by atomic mass is 10.1. The molecule has 0 aliphatic carbocycles. The molecule has 0 aromatic heterocycles. The fourth-order valence-corrected chi connectivity index (χ4v) is 1.86. The van der Waals surface area contributed by atoms with Gasteiger partial charge in [-0.3, -0.25) is 4.79 Å². The van der Waals surface area contributed by atoms with E-state index in [1.807, 2.05) is 20.8 Å². The molecule has 0 aliphatic rings. The number of nitrogens with one attached hydrogen (secondary N) is 1. The zero-order valence-electron chi connectivity index (χ0n) is 12.3. The van der Waals surface area contributed by atoms with Crippen molar-refractivity contribution in [3.05, 3.63) is 28.8 Å². The summed E-state index contributed by atoms with van der Waals surface area (Å²) in [7, 11) is 0. The molecule has 0 radical (unpaired) electrons. The second-order valence-corrected chi connectivity index (χ2v) is 5.56. The van der Waals surface area contributed by atoms with Gasteiger partial charge in [-0.1, -0.05) is 18.5 Å². The SMILES string of the molecule is Cc1cc(Cl)ccc1OC(C)C(=O)NC(C)C(C)CO. The van der Waals surface area contributed by atoms with Crippen LogP contribution in [0.2, 0.25) is 5.02 Å². The highest BCUT2D eigenvalue weighted by Crippen LogP contribution is 2.22. The fraction of sp³-hybridized carbons (Fsp3) is 0.533. The number of aryl methyl sites for hydroxylation is 1. The molecule has 0 aliphatic heterocycles. The Bertz CT molecular complexity index is 464. The molecule has 5 heteroatoms. The molecule has 3 atom stereocenters. The number of ether oxygens (including phenoxy) is 1. The van der Waals surface area contributed by atoms with E-state index in [1.54, 1.807) is 25.1 Å². The van der Waals surface area contributed by atoms with Gasteiger partial charge in [0.25, 0.3) is 5.91 Å². The second-order valence-electron chi connectivity index (χ2n) is 5.13. The molecule has 0 bridgehead atoms. The monoisotopic (exact) mass is 299 g/mol. The molecule has 0 spiro atoms. The summed E-state index contributed by atoms with van der Waals surface area (Å²) in [6.45, 7) is 7.34. The normalized spacial score (nSPS) is 15.3. The number of rotatable bonds is 6. The van der Waals surface area contributed by atoms with E-state index in [2.05, 4.69) is 5.32 Å². The molecule has 1 amide bonds. The summed E-state index contributed by atoms with van der Waals surface area (Å²) < 4.78 is 5.64. The minimum atomic E-state index is -0.608. The molecule has 20 heavy (non-hydrogen) atoms. The average molecular weight is 300 g/mol. The maximum Gasteiger partial charge on any atom is 0.260 e. The zero-order chi connectivity index (χ0) is 15.3. The molecular weight excluding hydrogens is 278 g/mol. The Kier molecular flexibility index (Phi) is 6.30. The van der Waals surface area contributed by atoms with Crippen molar-refractivity contribution >= 4 is 17.5 Å². The minimum absolute atomic E-state index is 0.00316. The zero-order valence-corrected chi connectivity index (χ0v) is 13.1. The van der Waals surface area contributed by atoms with Crippen LogP contribution in [-0.4, -0.2) is 29.8 Å². The highest BCUT2D eigenvalue weighted by atomic mass is 35.5. The van der Waals surface area contributed by atoms with Gasteiger partial charge in [0.15, 0.2) is 6.10 Å². The second kappa shape index (κ2) is 7.50. The van der Waals surface area contributed by atoms with E-state index in [0.717, 1.165) is 5.56 Å². The van der Waals surface area contributed by atoms with Crippen molar-refractivity contribution in [1.29, 1.82) is 0 Å². The summed E-state index contributed by atoms with van der Waals surface area (Å²) in [6.07, 6.45) is -0.608. The van der Waals surface area contributed by atoms with E-state index in [1.165, 1.54) is 0 Å². The smallest absolute Gasteiger partial charge is 0.260 e. The molecule has 0 heterocycles. The maximum absolute atomic E-state index is 12.0. The first-order valence-corrected chi connectivity index (χ1v) is 7.07. The van der Waals surface area contributed by atoms with Crippen LogP contribution in [0.25, 0.3) is 0 Å². The van der Waals surface area contributed by atoms with Crippen LogP contribution in [0.15, 0.2) is 18.2 Å². The van der Waals surface area contributed by atoms with Crippen LogP contribution in [0.3, 0.4) is 0 Å². The van der Waals surface area contributed by atoms with E-state index in [-0.39, 0.29) is 24.5 Å². The van der Waals surface area contributed by atoms with Crippen LogP contribution in [0.5, 0.6) is 5.75 Å². The van der Waals surface area contributed by atoms with Crippen molar-refractivity contribution in [1.82, 2.24) is 5.32 Å². The lowest BCUT2D eigenvalue weighted by molar-refractivity contribution is -0.128. The van der Waals surface area contributed by atoms with Gasteiger partial charge < -0.3 is 15.2 Å². The first-order valence-electron chi connectivity index (χ1n) is 6.69. The number of carbonyl (C=O) groups is 1. The van der Waals surface area contributed by atoms with Gasteiger partial charge in [-0.15, -0.1) is 0 Å². The van der Waals surface area contributed by atoms with E-state index in [0.29, 0.717) is 10.8 Å². The largest absolute Gasteiger partial charge is 0.481 e. The van der Waals surface area contributed by atoms with Gasteiger partial charge in [0.2, 0.25) is 0 Å². The van der Waals surface area contributed by atoms with Gasteiger partial charge in [0.1, 0.15) is 5.75 Å². The Balaban J connectivity index is 2.61. The molecular formula is C15H22ClNO3. The summed E-state index contributed by atoms with van der Waals surface area (Å²) in [6, 6.07) is 5.16. The first kappa shape index (κ1) is 16.8. The van der Waals surface area contributed by atoms with E-state index in [9.17, 15) is 4.79 Å². The average Bonchev–Trinajstić information content (AvgIpc) is 2.40. The molecule has 0 fully saturated rings. The number of halogens is 1. The molecule has 2 N–H and O–H groups in total. The van der Waals surface area contributed by atoms with Crippen LogP contribution in [0, 0.1) is 12.8 Å². The van der Waals surface area contributed by atoms with Crippen LogP contribution < -0.4 is 10.1 Å². The molecule has 1 rings (SSSR count). The predicted molar refractivity (Wildman–Crippen MR) is 80.1 cm³/mol. The van der Waals surface area contributed by atoms with Crippen LogP contribution >= 0.6 is 11.6 Å². The quantitative estimate of drug-likeness (QED) is 0.849. The number of aliphatic hydroxyl groups is 1. The van der Waals surface area contributed by atoms with Crippen molar-refractivity contribution in [3.63, 3.8) is 0 Å². The molecule has 3 unspecified atom stereocenters. The number of hydrogen-bond donors (Lipinski definition) is 2. The highest BCUT2D eigenvalue weighted by Gasteiger charge is 2.20. The van der Waals surface area contributed by atoms with Crippen LogP contribution in [-0.2, 0) is 4.79 Å². The van der Waals surface area contributed by atoms with Crippen molar-refractivity contribution in [2.24, 2.45) is 5.92 Å². The Hall–Kier alpha value is -1.26. The van der Waals surface area contributed by atoms with Gasteiger partial charge >= 0.3 is 0 Å². The third-order valence-corrected chi connectivity index (χ3v) is 3.56. The third-order valence-electron chi connectivity index (χ3n) is 3.32. The highest BCUT2D eigenvalue weighted by molar-refractivity contribution is 6.30. The van der Waals surface area contributed by atoms with Gasteiger partial charge in [-0.05, 0) is 50.5 Å².